The van der Waals surface area contributed by atoms with Crippen LogP contribution in [0.2, 0.25) is 0 Å². The smallest absolute Gasteiger partial charge is 0.115 e. The summed E-state index contributed by atoms with van der Waals surface area (Å²) in [5.41, 5.74) is 1.05. The summed E-state index contributed by atoms with van der Waals surface area (Å²) in [6.07, 6.45) is 6.54. The molecule has 1 unspecified atom stereocenters. The molecule has 0 aliphatic heterocycles. The van der Waals surface area contributed by atoms with Gasteiger partial charge in [0.2, 0.25) is 0 Å². The van der Waals surface area contributed by atoms with Gasteiger partial charge in [0.15, 0.2) is 0 Å². The minimum atomic E-state index is -0.895. The first-order valence-corrected chi connectivity index (χ1v) is 5.82. The number of benzene rings is 1. The molecule has 0 amide bonds. The Morgan fingerprint density at radius 1 is 1.12 bits per heavy atom. The summed E-state index contributed by atoms with van der Waals surface area (Å²) in [4.78, 5) is 0. The van der Waals surface area contributed by atoms with E-state index < -0.39 is 5.60 Å². The van der Waals surface area contributed by atoms with Crippen LogP contribution in [0.1, 0.15) is 38.2 Å². The molecule has 16 heavy (non-hydrogen) atoms. The van der Waals surface area contributed by atoms with Crippen LogP contribution < -0.4 is 0 Å². The van der Waals surface area contributed by atoms with Gasteiger partial charge in [0.1, 0.15) is 11.4 Å². The third-order valence-electron chi connectivity index (χ3n) is 3.35. The van der Waals surface area contributed by atoms with E-state index >= 15 is 0 Å². The van der Waals surface area contributed by atoms with Gasteiger partial charge in [-0.2, -0.15) is 0 Å². The van der Waals surface area contributed by atoms with Crippen LogP contribution in [0.15, 0.2) is 35.9 Å². The Hall–Kier alpha value is -1.28. The lowest BCUT2D eigenvalue weighted by Gasteiger charge is -2.29. The molecule has 1 aromatic rings. The van der Waals surface area contributed by atoms with Crippen molar-refractivity contribution in [2.24, 2.45) is 0 Å². The minimum absolute atomic E-state index is 0.233. The van der Waals surface area contributed by atoms with Crippen molar-refractivity contribution in [1.82, 2.24) is 0 Å². The number of phenols is 1. The maximum Gasteiger partial charge on any atom is 0.115 e. The molecule has 0 radical (unpaired) electrons. The predicted octanol–water partition coefficient (Wildman–Crippen LogP) is 3.10. The third-order valence-corrected chi connectivity index (χ3v) is 3.35. The molecule has 0 saturated heterocycles. The van der Waals surface area contributed by atoms with Gasteiger partial charge in [-0.15, -0.1) is 0 Å². The van der Waals surface area contributed by atoms with Crippen LogP contribution in [-0.2, 0) is 5.60 Å². The largest absolute Gasteiger partial charge is 0.508 e. The Balaban J connectivity index is 2.30. The first-order chi connectivity index (χ1) is 7.60. The van der Waals surface area contributed by atoms with Crippen molar-refractivity contribution >= 4 is 0 Å². The summed E-state index contributed by atoms with van der Waals surface area (Å²) in [7, 11) is 0. The second-order valence-corrected chi connectivity index (χ2v) is 4.59. The van der Waals surface area contributed by atoms with Crippen molar-refractivity contribution in [2.75, 3.05) is 0 Å². The molecule has 2 nitrogen and oxygen atoms in total. The molecule has 2 rings (SSSR count). The number of aliphatic hydroxyl groups is 1. The highest BCUT2D eigenvalue weighted by molar-refractivity contribution is 5.35. The molecule has 1 aliphatic rings. The first-order valence-electron chi connectivity index (χ1n) is 5.82. The molecule has 1 aliphatic carbocycles. The van der Waals surface area contributed by atoms with Gasteiger partial charge in [-0.3, -0.25) is 0 Å². The summed E-state index contributed by atoms with van der Waals surface area (Å²) in [5.74, 6) is 0.233. The van der Waals surface area contributed by atoms with Gasteiger partial charge in [-0.25, -0.2) is 0 Å². The Morgan fingerprint density at radius 2 is 1.81 bits per heavy atom. The van der Waals surface area contributed by atoms with Crippen molar-refractivity contribution in [3.63, 3.8) is 0 Å². The molecule has 86 valence electrons. The van der Waals surface area contributed by atoms with Gasteiger partial charge < -0.3 is 10.2 Å². The standard InChI is InChI=1S/C14H18O2/c1-14(16,11-5-3-2-4-6-11)12-7-9-13(15)10-8-12/h5,7-10,15-16H,2-4,6H2,1H3. The van der Waals surface area contributed by atoms with Crippen molar-refractivity contribution in [2.45, 2.75) is 38.2 Å². The van der Waals surface area contributed by atoms with E-state index in [9.17, 15) is 10.2 Å². The lowest BCUT2D eigenvalue weighted by atomic mass is 9.82. The molecular weight excluding hydrogens is 200 g/mol. The van der Waals surface area contributed by atoms with Crippen LogP contribution in [-0.4, -0.2) is 10.2 Å². The number of aromatic hydroxyl groups is 1. The summed E-state index contributed by atoms with van der Waals surface area (Å²) in [5, 5.41) is 19.8. The summed E-state index contributed by atoms with van der Waals surface area (Å²) in [6, 6.07) is 6.80. The van der Waals surface area contributed by atoms with Crippen LogP contribution in [0.25, 0.3) is 0 Å². The number of hydrogen-bond acceptors (Lipinski definition) is 2. The SMILES string of the molecule is CC(O)(C1=CCCCC1)c1ccc(O)cc1. The Kier molecular flexibility index (Phi) is 3.01. The summed E-state index contributed by atoms with van der Waals surface area (Å²) < 4.78 is 0. The van der Waals surface area contributed by atoms with Gasteiger partial charge in [0.25, 0.3) is 0 Å². The second-order valence-electron chi connectivity index (χ2n) is 4.59. The van der Waals surface area contributed by atoms with Crippen LogP contribution in [0, 0.1) is 0 Å². The maximum atomic E-state index is 10.6. The highest BCUT2D eigenvalue weighted by Crippen LogP contribution is 2.35. The van der Waals surface area contributed by atoms with Crippen molar-refractivity contribution in [3.05, 3.63) is 41.5 Å². The Morgan fingerprint density at radius 3 is 2.38 bits per heavy atom. The quantitative estimate of drug-likeness (QED) is 0.749. The molecule has 0 spiro atoms. The topological polar surface area (TPSA) is 40.5 Å². The zero-order valence-corrected chi connectivity index (χ0v) is 9.61. The van der Waals surface area contributed by atoms with Crippen LogP contribution in [0.4, 0.5) is 0 Å². The lowest BCUT2D eigenvalue weighted by molar-refractivity contribution is 0.0914. The first kappa shape index (κ1) is 11.2. The highest BCUT2D eigenvalue weighted by atomic mass is 16.3. The Labute approximate surface area is 96.2 Å². The average Bonchev–Trinajstić information content (AvgIpc) is 2.31. The van der Waals surface area contributed by atoms with Gasteiger partial charge in [-0.05, 0) is 55.9 Å². The summed E-state index contributed by atoms with van der Waals surface area (Å²) in [6.45, 7) is 1.83. The van der Waals surface area contributed by atoms with Crippen LogP contribution >= 0.6 is 0 Å². The fraction of sp³-hybridized carbons (Fsp3) is 0.429. The van der Waals surface area contributed by atoms with Gasteiger partial charge in [0, 0.05) is 0 Å². The maximum absolute atomic E-state index is 10.6. The molecule has 2 N–H and O–H groups in total. The molecule has 1 aromatic carbocycles. The molecule has 0 aromatic heterocycles. The van der Waals surface area contributed by atoms with E-state index in [4.69, 9.17) is 0 Å². The zero-order valence-electron chi connectivity index (χ0n) is 9.61. The fourth-order valence-corrected chi connectivity index (χ4v) is 2.25. The average molecular weight is 218 g/mol. The number of hydrogen-bond donors (Lipinski definition) is 2. The van der Waals surface area contributed by atoms with E-state index in [1.807, 2.05) is 6.92 Å². The lowest BCUT2D eigenvalue weighted by Crippen LogP contribution is -2.25. The van der Waals surface area contributed by atoms with E-state index in [2.05, 4.69) is 6.08 Å². The van der Waals surface area contributed by atoms with Crippen molar-refractivity contribution < 1.29 is 10.2 Å². The normalized spacial score (nSPS) is 20.0. The Bertz CT molecular complexity index is 388. The zero-order chi connectivity index (χ0) is 11.6. The highest BCUT2D eigenvalue weighted by Gasteiger charge is 2.28. The minimum Gasteiger partial charge on any atom is -0.508 e. The number of allylic oxidation sites excluding steroid dienone is 1. The van der Waals surface area contributed by atoms with Crippen molar-refractivity contribution in [1.29, 1.82) is 0 Å². The van der Waals surface area contributed by atoms with Crippen LogP contribution in [0.5, 0.6) is 5.75 Å². The molecule has 0 heterocycles. The molecule has 2 heteroatoms. The molecule has 0 fully saturated rings. The number of phenolic OH excluding ortho intramolecular Hbond substituents is 1. The van der Waals surface area contributed by atoms with E-state index in [-0.39, 0.29) is 5.75 Å². The van der Waals surface area contributed by atoms with E-state index in [0.29, 0.717) is 0 Å². The third kappa shape index (κ3) is 2.12. The van der Waals surface area contributed by atoms with Crippen molar-refractivity contribution in [3.8, 4) is 5.75 Å². The van der Waals surface area contributed by atoms with Gasteiger partial charge >= 0.3 is 0 Å². The molecule has 0 saturated carbocycles. The van der Waals surface area contributed by atoms with Gasteiger partial charge in [0.05, 0.1) is 0 Å². The molecule has 0 bridgehead atoms. The van der Waals surface area contributed by atoms with E-state index in [1.165, 1.54) is 6.42 Å². The monoisotopic (exact) mass is 218 g/mol. The van der Waals surface area contributed by atoms with Gasteiger partial charge in [-0.1, -0.05) is 18.2 Å². The second kappa shape index (κ2) is 4.30. The van der Waals surface area contributed by atoms with E-state index in [1.54, 1.807) is 24.3 Å². The van der Waals surface area contributed by atoms with Crippen LogP contribution in [0.3, 0.4) is 0 Å². The molecule has 1 atom stereocenters. The predicted molar refractivity (Wildman–Crippen MR) is 64.2 cm³/mol. The summed E-state index contributed by atoms with van der Waals surface area (Å²) >= 11 is 0. The molecular formula is C14H18O2. The number of rotatable bonds is 2. The fourth-order valence-electron chi connectivity index (χ4n) is 2.25. The van der Waals surface area contributed by atoms with E-state index in [0.717, 1.165) is 30.4 Å².